The molecule has 1 aromatic heterocycles. The first kappa shape index (κ1) is 20.3. The van der Waals surface area contributed by atoms with Crippen LogP contribution in [0.25, 0.3) is 22.6 Å². The van der Waals surface area contributed by atoms with Crippen LogP contribution in [0.5, 0.6) is 5.75 Å². The second-order valence-corrected chi connectivity index (χ2v) is 7.69. The molecule has 4 rings (SSSR count). The number of hydrogen-bond donors (Lipinski definition) is 1. The van der Waals surface area contributed by atoms with E-state index in [1.54, 1.807) is 18.2 Å². The van der Waals surface area contributed by atoms with E-state index in [0.29, 0.717) is 34.0 Å². The number of nitrogens with zero attached hydrogens (tertiary/aromatic N) is 1. The first-order valence-corrected chi connectivity index (χ1v) is 9.94. The van der Waals surface area contributed by atoms with Gasteiger partial charge in [-0.2, -0.15) is 0 Å². The van der Waals surface area contributed by atoms with Crippen molar-refractivity contribution in [3.8, 4) is 17.2 Å². The van der Waals surface area contributed by atoms with Crippen LogP contribution < -0.4 is 10.1 Å². The van der Waals surface area contributed by atoms with E-state index in [2.05, 4.69) is 10.3 Å². The van der Waals surface area contributed by atoms with Crippen LogP contribution in [-0.2, 0) is 0 Å². The molecule has 0 bridgehead atoms. The Kier molecular flexibility index (Phi) is 5.41. The van der Waals surface area contributed by atoms with Gasteiger partial charge in [0.25, 0.3) is 5.91 Å². The lowest BCUT2D eigenvalue weighted by Gasteiger charge is -2.09. The maximum absolute atomic E-state index is 12.6. The summed E-state index contributed by atoms with van der Waals surface area (Å²) >= 11 is 12.3. The predicted molar refractivity (Wildman–Crippen MR) is 120 cm³/mol. The van der Waals surface area contributed by atoms with E-state index in [1.165, 1.54) is 24.8 Å². The van der Waals surface area contributed by atoms with Crippen molar-refractivity contribution in [1.82, 2.24) is 4.98 Å². The molecule has 7 heteroatoms. The highest BCUT2D eigenvalue weighted by atomic mass is 35.5. The summed E-state index contributed by atoms with van der Waals surface area (Å²) in [5.41, 5.74) is 5.41. The molecule has 1 amide bonds. The number of benzene rings is 3. The van der Waals surface area contributed by atoms with Crippen molar-refractivity contribution in [2.24, 2.45) is 0 Å². The maximum Gasteiger partial charge on any atom is 0.255 e. The minimum Gasteiger partial charge on any atom is -0.494 e. The number of ether oxygens (including phenoxy) is 1. The highest BCUT2D eigenvalue weighted by molar-refractivity contribution is 6.37. The molecule has 0 aliphatic carbocycles. The molecule has 0 spiro atoms. The van der Waals surface area contributed by atoms with Crippen molar-refractivity contribution in [2.45, 2.75) is 13.8 Å². The summed E-state index contributed by atoms with van der Waals surface area (Å²) in [6, 6.07) is 14.3. The van der Waals surface area contributed by atoms with Crippen LogP contribution in [0.3, 0.4) is 0 Å². The number of aromatic nitrogens is 1. The Morgan fingerprint density at radius 1 is 1.07 bits per heavy atom. The number of amides is 1. The zero-order valence-corrected chi connectivity index (χ0v) is 18.1. The molecule has 4 aromatic rings. The van der Waals surface area contributed by atoms with E-state index >= 15 is 0 Å². The van der Waals surface area contributed by atoms with Gasteiger partial charge in [0.1, 0.15) is 5.52 Å². The van der Waals surface area contributed by atoms with Gasteiger partial charge in [0.05, 0.1) is 17.2 Å². The van der Waals surface area contributed by atoms with Crippen molar-refractivity contribution in [1.29, 1.82) is 0 Å². The van der Waals surface area contributed by atoms with Crippen molar-refractivity contribution in [2.75, 3.05) is 12.4 Å². The lowest BCUT2D eigenvalue weighted by molar-refractivity contribution is 0.102. The Morgan fingerprint density at radius 3 is 2.50 bits per heavy atom. The number of anilines is 1. The van der Waals surface area contributed by atoms with Gasteiger partial charge in [0.2, 0.25) is 5.89 Å². The van der Waals surface area contributed by atoms with Crippen molar-refractivity contribution < 1.29 is 13.9 Å². The third-order valence-corrected chi connectivity index (χ3v) is 5.51. The molecule has 0 aliphatic rings. The van der Waals surface area contributed by atoms with Gasteiger partial charge >= 0.3 is 0 Å². The minimum absolute atomic E-state index is 0.264. The second kappa shape index (κ2) is 8.01. The molecular formula is C23H18Cl2N2O3. The number of aryl methyl sites for hydroxylation is 1. The van der Waals surface area contributed by atoms with Gasteiger partial charge in [-0.1, -0.05) is 35.3 Å². The average molecular weight is 441 g/mol. The van der Waals surface area contributed by atoms with E-state index < -0.39 is 0 Å². The standard InChI is InChI=1S/C23H18Cl2N2O3/c1-12-5-4-6-16(13(12)2)23-27-19-11-15(7-8-20(19)30-23)26-22(28)14-9-17(24)21(29-3)18(25)10-14/h4-11H,1-3H3,(H,26,28). The number of rotatable bonds is 4. The summed E-state index contributed by atoms with van der Waals surface area (Å²) in [4.78, 5) is 17.2. The van der Waals surface area contributed by atoms with Crippen molar-refractivity contribution in [3.05, 3.63) is 75.3 Å². The smallest absolute Gasteiger partial charge is 0.255 e. The molecule has 3 aromatic carbocycles. The highest BCUT2D eigenvalue weighted by Gasteiger charge is 2.15. The molecule has 0 saturated heterocycles. The zero-order chi connectivity index (χ0) is 21.4. The van der Waals surface area contributed by atoms with Crippen molar-refractivity contribution >= 4 is 45.9 Å². The van der Waals surface area contributed by atoms with Gasteiger partial charge < -0.3 is 14.5 Å². The third-order valence-electron chi connectivity index (χ3n) is 4.95. The summed E-state index contributed by atoms with van der Waals surface area (Å²) in [7, 11) is 1.46. The molecule has 0 unspecified atom stereocenters. The molecule has 30 heavy (non-hydrogen) atoms. The van der Waals surface area contributed by atoms with Gasteiger partial charge in [-0.15, -0.1) is 0 Å². The lowest BCUT2D eigenvalue weighted by atomic mass is 10.0. The Bertz CT molecular complexity index is 1260. The summed E-state index contributed by atoms with van der Waals surface area (Å²) in [6.45, 7) is 4.09. The molecular weight excluding hydrogens is 423 g/mol. The number of fused-ring (bicyclic) bond motifs is 1. The van der Waals surface area contributed by atoms with Crippen LogP contribution >= 0.6 is 23.2 Å². The minimum atomic E-state index is -0.348. The topological polar surface area (TPSA) is 64.4 Å². The number of methoxy groups -OCH3 is 1. The Labute approximate surface area is 183 Å². The average Bonchev–Trinajstić information content (AvgIpc) is 3.13. The highest BCUT2D eigenvalue weighted by Crippen LogP contribution is 2.34. The van der Waals surface area contributed by atoms with Gasteiger partial charge in [-0.05, 0) is 61.4 Å². The molecule has 0 aliphatic heterocycles. The van der Waals surface area contributed by atoms with Gasteiger partial charge in [-0.3, -0.25) is 4.79 Å². The fourth-order valence-corrected chi connectivity index (χ4v) is 3.83. The molecule has 5 nitrogen and oxygen atoms in total. The first-order chi connectivity index (χ1) is 14.4. The number of carbonyl (C=O) groups excluding carboxylic acids is 1. The largest absolute Gasteiger partial charge is 0.494 e. The van der Waals surface area contributed by atoms with E-state index in [4.69, 9.17) is 32.4 Å². The maximum atomic E-state index is 12.6. The number of nitrogens with one attached hydrogen (secondary N) is 1. The Morgan fingerprint density at radius 2 is 1.80 bits per heavy atom. The number of oxazole rings is 1. The third kappa shape index (κ3) is 3.74. The zero-order valence-electron chi connectivity index (χ0n) is 16.5. The summed E-state index contributed by atoms with van der Waals surface area (Å²) in [6.07, 6.45) is 0. The molecule has 0 atom stereocenters. The van der Waals surface area contributed by atoms with E-state index in [9.17, 15) is 4.79 Å². The van der Waals surface area contributed by atoms with Gasteiger partial charge in [0.15, 0.2) is 11.3 Å². The second-order valence-electron chi connectivity index (χ2n) is 6.88. The summed E-state index contributed by atoms with van der Waals surface area (Å²) < 4.78 is 11.0. The normalized spacial score (nSPS) is 11.0. The van der Waals surface area contributed by atoms with Gasteiger partial charge in [0, 0.05) is 16.8 Å². The summed E-state index contributed by atoms with van der Waals surface area (Å²) in [5, 5.41) is 3.36. The van der Waals surface area contributed by atoms with Crippen LogP contribution in [0.1, 0.15) is 21.5 Å². The molecule has 0 saturated carbocycles. The first-order valence-electron chi connectivity index (χ1n) is 9.19. The quantitative estimate of drug-likeness (QED) is 0.384. The predicted octanol–water partition coefficient (Wildman–Crippen LogP) is 6.68. The monoisotopic (exact) mass is 440 g/mol. The van der Waals surface area contributed by atoms with E-state index in [0.717, 1.165) is 11.1 Å². The van der Waals surface area contributed by atoms with E-state index in [-0.39, 0.29) is 16.0 Å². The molecule has 0 fully saturated rings. The van der Waals surface area contributed by atoms with Crippen LogP contribution in [0.4, 0.5) is 5.69 Å². The Hall–Kier alpha value is -3.02. The Balaban J connectivity index is 1.63. The van der Waals surface area contributed by atoms with Crippen molar-refractivity contribution in [3.63, 3.8) is 0 Å². The molecule has 0 radical (unpaired) electrons. The lowest BCUT2D eigenvalue weighted by Crippen LogP contribution is -2.12. The van der Waals surface area contributed by atoms with Crippen LogP contribution in [-0.4, -0.2) is 18.0 Å². The van der Waals surface area contributed by atoms with Crippen LogP contribution in [0, 0.1) is 13.8 Å². The van der Waals surface area contributed by atoms with E-state index in [1.807, 2.05) is 32.0 Å². The van der Waals surface area contributed by atoms with Gasteiger partial charge in [-0.25, -0.2) is 4.98 Å². The fraction of sp³-hybridized carbons (Fsp3) is 0.130. The van der Waals surface area contributed by atoms with Crippen LogP contribution in [0.2, 0.25) is 10.0 Å². The molecule has 152 valence electrons. The molecule has 1 N–H and O–H groups in total. The number of carbonyl (C=O) groups is 1. The summed E-state index contributed by atoms with van der Waals surface area (Å²) in [5.74, 6) is 0.528. The number of hydrogen-bond acceptors (Lipinski definition) is 4. The SMILES string of the molecule is COc1c(Cl)cc(C(=O)Nc2ccc3oc(-c4cccc(C)c4C)nc3c2)cc1Cl. The number of halogens is 2. The molecule has 1 heterocycles. The fourth-order valence-electron chi connectivity index (χ4n) is 3.19. The van der Waals surface area contributed by atoms with Crippen LogP contribution in [0.15, 0.2) is 52.9 Å².